The summed E-state index contributed by atoms with van der Waals surface area (Å²) in [6.07, 6.45) is 2.10. The van der Waals surface area contributed by atoms with E-state index < -0.39 is 0 Å². The van der Waals surface area contributed by atoms with Crippen LogP contribution in [-0.2, 0) is 4.74 Å². The van der Waals surface area contributed by atoms with E-state index in [-0.39, 0.29) is 18.1 Å². The molecule has 0 spiro atoms. The van der Waals surface area contributed by atoms with Crippen LogP contribution in [0.1, 0.15) is 23.2 Å². The lowest BCUT2D eigenvalue weighted by Crippen LogP contribution is -2.40. The zero-order chi connectivity index (χ0) is 18.5. The van der Waals surface area contributed by atoms with Crippen molar-refractivity contribution in [2.45, 2.75) is 25.0 Å². The minimum Gasteiger partial charge on any atom is -0.491 e. The van der Waals surface area contributed by atoms with E-state index in [9.17, 15) is 4.79 Å². The first-order valence-corrected chi connectivity index (χ1v) is 9.29. The van der Waals surface area contributed by atoms with E-state index in [2.05, 4.69) is 5.32 Å². The van der Waals surface area contributed by atoms with Gasteiger partial charge in [-0.15, -0.1) is 0 Å². The third-order valence-electron chi connectivity index (χ3n) is 4.63. The third kappa shape index (κ3) is 4.52. The van der Waals surface area contributed by atoms with Crippen LogP contribution in [0.4, 0.5) is 0 Å². The predicted octanol–water partition coefficient (Wildman–Crippen LogP) is 2.81. The van der Waals surface area contributed by atoms with Crippen molar-refractivity contribution >= 4 is 5.91 Å². The van der Waals surface area contributed by atoms with Crippen LogP contribution in [0.2, 0.25) is 0 Å². The quantitative estimate of drug-likeness (QED) is 0.848. The number of ether oxygens (including phenoxy) is 4. The summed E-state index contributed by atoms with van der Waals surface area (Å²) < 4.78 is 22.8. The van der Waals surface area contributed by atoms with Crippen molar-refractivity contribution in [3.05, 3.63) is 54.1 Å². The number of carbonyl (C=O) groups excluding carboxylic acids is 1. The zero-order valence-electron chi connectivity index (χ0n) is 15.1. The van der Waals surface area contributed by atoms with Gasteiger partial charge >= 0.3 is 0 Å². The number of benzene rings is 2. The molecule has 1 fully saturated rings. The van der Waals surface area contributed by atoms with E-state index in [1.807, 2.05) is 24.3 Å². The smallest absolute Gasteiger partial charge is 0.251 e. The SMILES string of the molecule is O=C(NC[C@@H]1COc2ccccc2O1)c1ccc(OC[C@H]2CCCO2)cc1. The monoisotopic (exact) mass is 369 g/mol. The molecular weight excluding hydrogens is 346 g/mol. The Balaban J connectivity index is 1.25. The number of carbonyl (C=O) groups is 1. The Hall–Kier alpha value is -2.73. The third-order valence-corrected chi connectivity index (χ3v) is 4.63. The average molecular weight is 369 g/mol. The summed E-state index contributed by atoms with van der Waals surface area (Å²) in [7, 11) is 0. The fourth-order valence-corrected chi connectivity index (χ4v) is 3.14. The highest BCUT2D eigenvalue weighted by atomic mass is 16.6. The predicted molar refractivity (Wildman–Crippen MR) is 99.6 cm³/mol. The van der Waals surface area contributed by atoms with Gasteiger partial charge in [0.2, 0.25) is 0 Å². The van der Waals surface area contributed by atoms with Gasteiger partial charge in [-0.1, -0.05) is 12.1 Å². The zero-order valence-corrected chi connectivity index (χ0v) is 15.1. The molecule has 4 rings (SSSR count). The van der Waals surface area contributed by atoms with E-state index in [0.29, 0.717) is 31.1 Å². The summed E-state index contributed by atoms with van der Waals surface area (Å²) >= 11 is 0. The Labute approximate surface area is 158 Å². The summed E-state index contributed by atoms with van der Waals surface area (Å²) in [6.45, 7) is 2.15. The molecule has 142 valence electrons. The van der Waals surface area contributed by atoms with Crippen LogP contribution in [0.25, 0.3) is 0 Å². The normalized spacial score (nSPS) is 20.9. The Morgan fingerprint density at radius 1 is 1.07 bits per heavy atom. The topological polar surface area (TPSA) is 66.0 Å². The number of rotatable bonds is 6. The second-order valence-corrected chi connectivity index (χ2v) is 6.68. The van der Waals surface area contributed by atoms with Crippen LogP contribution in [0.3, 0.4) is 0 Å². The minimum atomic E-state index is -0.210. The van der Waals surface area contributed by atoms with Gasteiger partial charge in [-0.3, -0.25) is 4.79 Å². The van der Waals surface area contributed by atoms with Gasteiger partial charge < -0.3 is 24.3 Å². The first-order chi connectivity index (χ1) is 13.3. The lowest BCUT2D eigenvalue weighted by atomic mass is 10.2. The molecule has 2 aliphatic rings. The highest BCUT2D eigenvalue weighted by molar-refractivity contribution is 5.94. The van der Waals surface area contributed by atoms with Crippen molar-refractivity contribution in [1.29, 1.82) is 0 Å². The van der Waals surface area contributed by atoms with Gasteiger partial charge in [0.05, 0.1) is 12.6 Å². The van der Waals surface area contributed by atoms with Crippen molar-refractivity contribution in [1.82, 2.24) is 5.32 Å². The molecule has 2 aromatic carbocycles. The molecule has 1 N–H and O–H groups in total. The Kier molecular flexibility index (Phi) is 5.44. The fourth-order valence-electron chi connectivity index (χ4n) is 3.14. The number of hydrogen-bond acceptors (Lipinski definition) is 5. The highest BCUT2D eigenvalue weighted by Gasteiger charge is 2.21. The maximum atomic E-state index is 12.3. The first kappa shape index (κ1) is 17.7. The molecule has 2 aromatic rings. The maximum Gasteiger partial charge on any atom is 0.251 e. The summed E-state index contributed by atoms with van der Waals surface area (Å²) in [4.78, 5) is 12.3. The van der Waals surface area contributed by atoms with Crippen molar-refractivity contribution in [3.8, 4) is 17.2 Å². The van der Waals surface area contributed by atoms with Crippen LogP contribution in [-0.4, -0.2) is 44.5 Å². The maximum absolute atomic E-state index is 12.3. The molecule has 0 bridgehead atoms. The summed E-state index contributed by atoms with van der Waals surface area (Å²) in [5, 5.41) is 2.89. The largest absolute Gasteiger partial charge is 0.491 e. The molecule has 2 atom stereocenters. The first-order valence-electron chi connectivity index (χ1n) is 9.29. The lowest BCUT2D eigenvalue weighted by molar-refractivity contribution is 0.0679. The molecule has 6 heteroatoms. The average Bonchev–Trinajstić information content (AvgIpc) is 3.24. The van der Waals surface area contributed by atoms with E-state index >= 15 is 0 Å². The molecule has 2 heterocycles. The number of fused-ring (bicyclic) bond motifs is 1. The number of nitrogens with one attached hydrogen (secondary N) is 1. The Bertz CT molecular complexity index is 770. The van der Waals surface area contributed by atoms with Crippen molar-refractivity contribution in [3.63, 3.8) is 0 Å². The number of para-hydroxylation sites is 2. The number of amides is 1. The van der Waals surface area contributed by atoms with Crippen molar-refractivity contribution in [2.75, 3.05) is 26.4 Å². The van der Waals surface area contributed by atoms with Gasteiger partial charge in [0, 0.05) is 12.2 Å². The summed E-state index contributed by atoms with van der Waals surface area (Å²) in [5.41, 5.74) is 0.580. The van der Waals surface area contributed by atoms with Crippen molar-refractivity contribution < 1.29 is 23.7 Å². The second-order valence-electron chi connectivity index (χ2n) is 6.68. The van der Waals surface area contributed by atoms with E-state index in [4.69, 9.17) is 18.9 Å². The standard InChI is InChI=1S/C21H23NO5/c23-21(22-12-18-14-26-19-5-1-2-6-20(19)27-18)15-7-9-16(10-8-15)25-13-17-4-3-11-24-17/h1-2,5-10,17-18H,3-4,11-14H2,(H,22,23)/t17-,18-/m1/s1. The summed E-state index contributed by atoms with van der Waals surface area (Å²) in [6, 6.07) is 14.7. The van der Waals surface area contributed by atoms with Crippen LogP contribution >= 0.6 is 0 Å². The Morgan fingerprint density at radius 3 is 2.67 bits per heavy atom. The molecule has 0 aromatic heterocycles. The second kappa shape index (κ2) is 8.31. The molecule has 0 unspecified atom stereocenters. The Morgan fingerprint density at radius 2 is 1.89 bits per heavy atom. The molecule has 0 aliphatic carbocycles. The molecule has 1 amide bonds. The molecule has 6 nitrogen and oxygen atoms in total. The van der Waals surface area contributed by atoms with Gasteiger partial charge in [0.15, 0.2) is 11.5 Å². The molecule has 0 saturated carbocycles. The van der Waals surface area contributed by atoms with Crippen LogP contribution < -0.4 is 19.5 Å². The fraction of sp³-hybridized carbons (Fsp3) is 0.381. The van der Waals surface area contributed by atoms with Gasteiger partial charge in [-0.05, 0) is 49.2 Å². The van der Waals surface area contributed by atoms with Gasteiger partial charge in [0.25, 0.3) is 5.91 Å². The lowest BCUT2D eigenvalue weighted by Gasteiger charge is -2.26. The summed E-state index contributed by atoms with van der Waals surface area (Å²) in [5.74, 6) is 2.03. The highest BCUT2D eigenvalue weighted by Crippen LogP contribution is 2.30. The van der Waals surface area contributed by atoms with Gasteiger partial charge in [-0.2, -0.15) is 0 Å². The molecule has 1 saturated heterocycles. The van der Waals surface area contributed by atoms with Crippen molar-refractivity contribution in [2.24, 2.45) is 0 Å². The number of hydrogen-bond donors (Lipinski definition) is 1. The molecule has 0 radical (unpaired) electrons. The van der Waals surface area contributed by atoms with Crippen LogP contribution in [0, 0.1) is 0 Å². The minimum absolute atomic E-state index is 0.150. The molecular formula is C21H23NO5. The van der Waals surface area contributed by atoms with Crippen LogP contribution in [0.5, 0.6) is 17.2 Å². The van der Waals surface area contributed by atoms with E-state index in [0.717, 1.165) is 30.9 Å². The van der Waals surface area contributed by atoms with Gasteiger partial charge in [-0.25, -0.2) is 0 Å². The van der Waals surface area contributed by atoms with E-state index in [1.165, 1.54) is 0 Å². The van der Waals surface area contributed by atoms with E-state index in [1.54, 1.807) is 24.3 Å². The van der Waals surface area contributed by atoms with Gasteiger partial charge in [0.1, 0.15) is 25.1 Å². The molecule has 27 heavy (non-hydrogen) atoms. The van der Waals surface area contributed by atoms with Crippen LogP contribution in [0.15, 0.2) is 48.5 Å². The molecule has 2 aliphatic heterocycles.